The van der Waals surface area contributed by atoms with Gasteiger partial charge in [0, 0.05) is 30.6 Å². The van der Waals surface area contributed by atoms with Crippen molar-refractivity contribution in [2.75, 3.05) is 14.1 Å². The summed E-state index contributed by atoms with van der Waals surface area (Å²) in [5.41, 5.74) is 0.139. The van der Waals surface area contributed by atoms with Crippen molar-refractivity contribution >= 4 is 29.0 Å². The Labute approximate surface area is 233 Å². The molecule has 4 aliphatic rings. The highest BCUT2D eigenvalue weighted by Crippen LogP contribution is 2.54. The van der Waals surface area contributed by atoms with E-state index in [1.807, 2.05) is 13.8 Å². The molecule has 1 heterocycles. The van der Waals surface area contributed by atoms with E-state index in [4.69, 9.17) is 5.73 Å². The molecule has 0 aromatic heterocycles. The van der Waals surface area contributed by atoms with Crippen LogP contribution >= 0.6 is 0 Å². The number of likely N-dealkylation sites (N-methyl/N-ethyl adjacent to an activating group) is 1. The summed E-state index contributed by atoms with van der Waals surface area (Å²) in [6.07, 6.45) is -5.00. The van der Waals surface area contributed by atoms with Crippen molar-refractivity contribution in [3.63, 3.8) is 0 Å². The number of halogens is 3. The van der Waals surface area contributed by atoms with Crippen molar-refractivity contribution in [2.24, 2.45) is 29.4 Å². The predicted octanol–water partition coefficient (Wildman–Crippen LogP) is 1.000. The molecule has 13 heteroatoms. The Morgan fingerprint density at radius 2 is 1.73 bits per heavy atom. The molecule has 4 N–H and O–H groups in total. The summed E-state index contributed by atoms with van der Waals surface area (Å²) in [6, 6.07) is -1.45. The van der Waals surface area contributed by atoms with Crippen molar-refractivity contribution in [2.45, 2.75) is 70.1 Å². The number of benzene rings is 1. The maximum absolute atomic E-state index is 14.7. The second kappa shape index (κ2) is 9.43. The average Bonchev–Trinajstić information content (AvgIpc) is 3.29. The van der Waals surface area contributed by atoms with Crippen LogP contribution in [-0.4, -0.2) is 80.8 Å². The maximum atomic E-state index is 14.7. The Morgan fingerprint density at radius 3 is 2.27 bits per heavy atom. The molecule has 0 bridgehead atoms. The molecule has 0 spiro atoms. The first-order valence-corrected chi connectivity index (χ1v) is 13.5. The topological polar surface area (TPSA) is 158 Å². The number of alkyl halides is 3. The lowest BCUT2D eigenvalue weighted by Crippen LogP contribution is -2.74. The van der Waals surface area contributed by atoms with Crippen LogP contribution in [0.5, 0.6) is 5.75 Å². The van der Waals surface area contributed by atoms with Gasteiger partial charge in [-0.15, -0.1) is 0 Å². The van der Waals surface area contributed by atoms with Crippen molar-refractivity contribution in [1.82, 2.24) is 9.80 Å². The first-order valence-electron chi connectivity index (χ1n) is 13.5. The van der Waals surface area contributed by atoms with E-state index >= 15 is 0 Å². The molecule has 1 amide bonds. The monoisotopic (exact) mass is 579 g/mol. The van der Waals surface area contributed by atoms with Gasteiger partial charge in [-0.1, -0.05) is 6.92 Å². The highest BCUT2D eigenvalue weighted by Gasteiger charge is 2.69. The van der Waals surface area contributed by atoms with Crippen LogP contribution in [0, 0.1) is 23.7 Å². The lowest BCUT2D eigenvalue weighted by Gasteiger charge is -2.52. The van der Waals surface area contributed by atoms with Gasteiger partial charge in [0.25, 0.3) is 0 Å². The van der Waals surface area contributed by atoms with E-state index in [2.05, 4.69) is 0 Å². The smallest absolute Gasteiger partial charge is 0.417 e. The number of aliphatic hydroxyl groups is 1. The predicted molar refractivity (Wildman–Crippen MR) is 135 cm³/mol. The van der Waals surface area contributed by atoms with Gasteiger partial charge in [-0.3, -0.25) is 33.8 Å². The first-order chi connectivity index (χ1) is 19.0. The second-order valence-corrected chi connectivity index (χ2v) is 12.0. The molecule has 7 atom stereocenters. The maximum Gasteiger partial charge on any atom is 0.417 e. The highest BCUT2D eigenvalue weighted by atomic mass is 19.4. The largest absolute Gasteiger partial charge is 0.507 e. The van der Waals surface area contributed by atoms with Crippen LogP contribution in [0.2, 0.25) is 0 Å². The second-order valence-electron chi connectivity index (χ2n) is 12.0. The zero-order valence-corrected chi connectivity index (χ0v) is 23.0. The van der Waals surface area contributed by atoms with Crippen LogP contribution in [0.25, 0.3) is 0 Å². The lowest BCUT2D eigenvalue weighted by molar-refractivity contribution is -0.181. The van der Waals surface area contributed by atoms with E-state index in [1.165, 1.54) is 19.0 Å². The Morgan fingerprint density at radius 1 is 1.12 bits per heavy atom. The molecule has 2 fully saturated rings. The van der Waals surface area contributed by atoms with E-state index in [-0.39, 0.29) is 36.7 Å². The van der Waals surface area contributed by atoms with E-state index in [0.717, 1.165) is 0 Å². The number of hydrogen-bond donors (Lipinski definition) is 3. The molecule has 2 saturated carbocycles. The molecular weight excluding hydrogens is 547 g/mol. The van der Waals surface area contributed by atoms with Crippen molar-refractivity contribution < 1.29 is 47.4 Å². The minimum atomic E-state index is -4.88. The molecule has 5 rings (SSSR count). The highest BCUT2D eigenvalue weighted by molar-refractivity contribution is 6.32. The van der Waals surface area contributed by atoms with Gasteiger partial charge in [0.1, 0.15) is 5.75 Å². The van der Waals surface area contributed by atoms with Gasteiger partial charge in [-0.05, 0) is 57.3 Å². The number of rotatable bonds is 4. The first kappa shape index (κ1) is 29.3. The summed E-state index contributed by atoms with van der Waals surface area (Å²) < 4.78 is 44.0. The van der Waals surface area contributed by atoms with Crippen LogP contribution in [0.1, 0.15) is 59.3 Å². The summed E-state index contributed by atoms with van der Waals surface area (Å²) in [5.74, 6) is -13.2. The van der Waals surface area contributed by atoms with E-state index in [0.29, 0.717) is 6.42 Å². The van der Waals surface area contributed by atoms with Gasteiger partial charge in [-0.25, -0.2) is 0 Å². The van der Waals surface area contributed by atoms with Crippen molar-refractivity contribution in [1.29, 1.82) is 0 Å². The summed E-state index contributed by atoms with van der Waals surface area (Å²) in [6.45, 7) is 3.61. The number of phenolic OH excluding ortho intramolecular Hbond substituents is 1. The summed E-state index contributed by atoms with van der Waals surface area (Å²) >= 11 is 0. The molecule has 41 heavy (non-hydrogen) atoms. The molecule has 0 radical (unpaired) electrons. The summed E-state index contributed by atoms with van der Waals surface area (Å²) in [7, 11) is 2.86. The number of phenols is 1. The van der Waals surface area contributed by atoms with E-state index in [9.17, 15) is 47.4 Å². The fraction of sp³-hybridized carbons (Fsp3) is 0.607. The third-order valence-electron chi connectivity index (χ3n) is 9.67. The number of aromatic hydroxyl groups is 1. The molecule has 10 nitrogen and oxygen atoms in total. The molecule has 0 saturated heterocycles. The van der Waals surface area contributed by atoms with Crippen molar-refractivity contribution in [3.05, 3.63) is 27.8 Å². The van der Waals surface area contributed by atoms with Crippen LogP contribution < -0.4 is 5.73 Å². The molecule has 1 aliphatic heterocycles. The van der Waals surface area contributed by atoms with Crippen LogP contribution in [0.3, 0.4) is 0 Å². The number of hydrogen-bond acceptors (Lipinski definition) is 9. The van der Waals surface area contributed by atoms with E-state index in [1.54, 1.807) is 4.90 Å². The van der Waals surface area contributed by atoms with Crippen LogP contribution in [0.4, 0.5) is 13.2 Å². The Hall–Kier alpha value is -3.16. The van der Waals surface area contributed by atoms with Gasteiger partial charge in [0.05, 0.1) is 23.1 Å². The molecule has 1 aromatic rings. The van der Waals surface area contributed by atoms with Gasteiger partial charge in [0.2, 0.25) is 5.91 Å². The molecule has 3 aliphatic carbocycles. The number of nitrogens with two attached hydrogens (primary N) is 1. The minimum Gasteiger partial charge on any atom is -0.507 e. The molecular formula is C28H32F3N3O7. The van der Waals surface area contributed by atoms with Gasteiger partial charge < -0.3 is 15.9 Å². The Kier molecular flexibility index (Phi) is 6.75. The number of nitrogens with zero attached hydrogens (tertiary/aromatic N) is 2. The van der Waals surface area contributed by atoms with Crippen LogP contribution in [0.15, 0.2) is 0 Å². The molecule has 222 valence electrons. The Balaban J connectivity index is 1.69. The third-order valence-corrected chi connectivity index (χ3v) is 9.67. The number of primary amides is 1. The van der Waals surface area contributed by atoms with Crippen LogP contribution in [-0.2, 0) is 44.9 Å². The fourth-order valence-electron chi connectivity index (χ4n) is 7.57. The van der Waals surface area contributed by atoms with Gasteiger partial charge >= 0.3 is 6.18 Å². The van der Waals surface area contributed by atoms with Gasteiger partial charge in [-0.2, -0.15) is 13.2 Å². The molecule has 1 aromatic carbocycles. The minimum absolute atomic E-state index is 0.0285. The SMILES string of the molecule is CC[C@H](C)N1Cc2c(O)c3c(c(C(F)(F)F)c2C1)C[C@H]1C[C@H]2[C@H](N(C)C)C(=O)C(C(N)=O)C(=O)[C@@]2(O)C(=O)C1C3=O. The number of Topliss-reactive ketones (excluding diaryl/α,β-unsaturated/α-hetero) is 4. The number of ketones is 4. The summed E-state index contributed by atoms with van der Waals surface area (Å²) in [4.78, 5) is 69.5. The standard InChI is InChI=1S/C28H32F3N3O7/c1-5-10(2)34-8-13-14(9-34)21(35)17-12(19(13)28(29,30)31)6-11-7-15-20(33(3)4)23(37)18(26(32)40)25(39)27(15,41)24(38)16(11)22(17)36/h10-11,15-16,18,20,35,41H,5-9H2,1-4H3,(H2,32,40)/t10-,11-,15-,16?,18?,20-,27-/m0/s1. The third kappa shape index (κ3) is 3.92. The Bertz CT molecular complexity index is 1410. The van der Waals surface area contributed by atoms with E-state index < -0.39 is 99.4 Å². The molecule has 2 unspecified atom stereocenters. The normalized spacial score (nSPS) is 32.5. The lowest BCUT2D eigenvalue weighted by atomic mass is 9.52. The zero-order chi connectivity index (χ0) is 30.5. The van der Waals surface area contributed by atoms with Crippen molar-refractivity contribution in [3.8, 4) is 5.75 Å². The number of amides is 1. The number of fused-ring (bicyclic) bond motifs is 4. The fourth-order valence-corrected chi connectivity index (χ4v) is 7.57. The number of carbonyl (C=O) groups excluding carboxylic acids is 5. The summed E-state index contributed by atoms with van der Waals surface area (Å²) in [5, 5.41) is 22.8. The number of carbonyl (C=O) groups is 5. The quantitative estimate of drug-likeness (QED) is 0.443. The zero-order valence-electron chi connectivity index (χ0n) is 23.0. The van der Waals surface area contributed by atoms with Gasteiger partial charge in [0.15, 0.2) is 34.7 Å². The average molecular weight is 580 g/mol.